The van der Waals surface area contributed by atoms with Gasteiger partial charge in [0, 0.05) is 6.42 Å². The Morgan fingerprint density at radius 2 is 2.08 bits per heavy atom. The molecule has 0 bridgehead atoms. The molecule has 0 aliphatic heterocycles. The van der Waals surface area contributed by atoms with Crippen LogP contribution in [-0.2, 0) is 9.53 Å². The van der Waals surface area contributed by atoms with Crippen LogP contribution in [0.1, 0.15) is 6.92 Å². The molecule has 0 aromatic carbocycles. The number of esters is 1. The van der Waals surface area contributed by atoms with Crippen molar-refractivity contribution in [3.8, 4) is 0 Å². The van der Waals surface area contributed by atoms with E-state index in [2.05, 4.69) is 4.74 Å². The highest BCUT2D eigenvalue weighted by atomic mass is 16.5. The van der Waals surface area contributed by atoms with E-state index in [0.717, 1.165) is 0 Å². The van der Waals surface area contributed by atoms with E-state index < -0.39 is 11.6 Å². The summed E-state index contributed by atoms with van der Waals surface area (Å²) in [7, 11) is 0. The molecule has 0 unspecified atom stereocenters. The zero-order chi connectivity index (χ0) is 9.03. The summed E-state index contributed by atoms with van der Waals surface area (Å²) in [5.41, 5.74) is -1.56. The van der Waals surface area contributed by atoms with Gasteiger partial charge in [-0.05, 0) is 19.1 Å². The maximum absolute atomic E-state index is 11.1. The third-order valence-electron chi connectivity index (χ3n) is 1.53. The minimum absolute atomic E-state index is 0.270. The van der Waals surface area contributed by atoms with Crippen LogP contribution in [0.25, 0.3) is 0 Å². The Hall–Kier alpha value is -1.09. The molecule has 0 spiro atoms. The van der Waals surface area contributed by atoms with Gasteiger partial charge >= 0.3 is 5.97 Å². The fraction of sp³-hybridized carbons (Fsp3) is 0.333. The van der Waals surface area contributed by atoms with Crippen LogP contribution in [0.5, 0.6) is 0 Å². The highest BCUT2D eigenvalue weighted by Crippen LogP contribution is 2.16. The number of aliphatic hydroxyl groups is 1. The van der Waals surface area contributed by atoms with Crippen LogP contribution in [0.15, 0.2) is 24.3 Å². The summed E-state index contributed by atoms with van der Waals surface area (Å²) in [4.78, 5) is 11.1. The van der Waals surface area contributed by atoms with Gasteiger partial charge in [-0.3, -0.25) is 0 Å². The molecule has 1 aliphatic rings. The Morgan fingerprint density at radius 1 is 1.50 bits per heavy atom. The van der Waals surface area contributed by atoms with Gasteiger partial charge in [0.15, 0.2) is 5.60 Å². The number of hydrogen-bond acceptors (Lipinski definition) is 3. The molecular weight excluding hydrogens is 156 g/mol. The number of rotatable bonds is 2. The van der Waals surface area contributed by atoms with Gasteiger partial charge in [-0.15, -0.1) is 0 Å². The first-order chi connectivity index (χ1) is 5.69. The van der Waals surface area contributed by atoms with Crippen LogP contribution >= 0.6 is 0 Å². The molecule has 1 aliphatic carbocycles. The fourth-order valence-corrected chi connectivity index (χ4v) is 0.907. The molecule has 3 nitrogen and oxygen atoms in total. The van der Waals surface area contributed by atoms with Crippen LogP contribution in [0.2, 0.25) is 0 Å². The smallest absolute Gasteiger partial charge is 0.346 e. The molecule has 0 atom stereocenters. The molecule has 0 aromatic heterocycles. The SMILES string of the molecule is CCOC(=O)C1(O)C=C[CH]C=C1. The Balaban J connectivity index is 2.70. The van der Waals surface area contributed by atoms with E-state index in [-0.39, 0.29) is 6.61 Å². The maximum atomic E-state index is 11.1. The summed E-state index contributed by atoms with van der Waals surface area (Å²) >= 11 is 0. The molecule has 0 fully saturated rings. The molecule has 0 saturated heterocycles. The van der Waals surface area contributed by atoms with Crippen molar-refractivity contribution in [2.24, 2.45) is 0 Å². The molecule has 3 heteroatoms. The lowest BCUT2D eigenvalue weighted by molar-refractivity contribution is -0.155. The van der Waals surface area contributed by atoms with Crippen molar-refractivity contribution in [1.82, 2.24) is 0 Å². The monoisotopic (exact) mass is 167 g/mol. The van der Waals surface area contributed by atoms with Crippen LogP contribution in [-0.4, -0.2) is 23.3 Å². The Morgan fingerprint density at radius 3 is 2.58 bits per heavy atom. The molecule has 0 saturated carbocycles. The molecule has 12 heavy (non-hydrogen) atoms. The van der Waals surface area contributed by atoms with Crippen molar-refractivity contribution in [3.63, 3.8) is 0 Å². The van der Waals surface area contributed by atoms with Crippen LogP contribution in [0.3, 0.4) is 0 Å². The van der Waals surface area contributed by atoms with Crippen molar-refractivity contribution in [2.45, 2.75) is 12.5 Å². The first kappa shape index (κ1) is 9.00. The van der Waals surface area contributed by atoms with Gasteiger partial charge in [-0.25, -0.2) is 4.79 Å². The topological polar surface area (TPSA) is 46.5 Å². The van der Waals surface area contributed by atoms with Gasteiger partial charge in [0.25, 0.3) is 0 Å². The number of carbonyl (C=O) groups is 1. The standard InChI is InChI=1S/C9H11O3/c1-2-12-8(10)9(11)6-4-3-5-7-9/h3-7,11H,2H2,1H3. The minimum Gasteiger partial charge on any atom is -0.463 e. The zero-order valence-corrected chi connectivity index (χ0v) is 6.86. The maximum Gasteiger partial charge on any atom is 0.346 e. The van der Waals surface area contributed by atoms with Crippen molar-refractivity contribution in [2.75, 3.05) is 6.61 Å². The summed E-state index contributed by atoms with van der Waals surface area (Å²) in [6, 6.07) is 0. The molecule has 0 amide bonds. The third-order valence-corrected chi connectivity index (χ3v) is 1.53. The highest BCUT2D eigenvalue weighted by molar-refractivity contribution is 5.84. The van der Waals surface area contributed by atoms with E-state index in [4.69, 9.17) is 0 Å². The summed E-state index contributed by atoms with van der Waals surface area (Å²) in [6.07, 6.45) is 7.73. The normalized spacial score (nSPS) is 19.2. The average molecular weight is 167 g/mol. The summed E-state index contributed by atoms with van der Waals surface area (Å²) in [5, 5.41) is 9.60. The predicted molar refractivity (Wildman–Crippen MR) is 44.2 cm³/mol. The van der Waals surface area contributed by atoms with Crippen molar-refractivity contribution in [3.05, 3.63) is 30.7 Å². The largest absolute Gasteiger partial charge is 0.463 e. The lowest BCUT2D eigenvalue weighted by atomic mass is 9.98. The van der Waals surface area contributed by atoms with E-state index in [1.165, 1.54) is 12.2 Å². The predicted octanol–water partition coefficient (Wildman–Crippen LogP) is 0.611. The number of allylic oxidation sites excluding steroid dienone is 2. The molecular formula is C9H11O3. The molecule has 65 valence electrons. The average Bonchev–Trinajstić information content (AvgIpc) is 2.06. The third kappa shape index (κ3) is 1.74. The molecule has 1 N–H and O–H groups in total. The van der Waals surface area contributed by atoms with E-state index in [0.29, 0.717) is 0 Å². The Kier molecular flexibility index (Phi) is 2.65. The van der Waals surface area contributed by atoms with Crippen molar-refractivity contribution >= 4 is 5.97 Å². The first-order valence-electron chi connectivity index (χ1n) is 3.79. The number of ether oxygens (including phenoxy) is 1. The van der Waals surface area contributed by atoms with Gasteiger partial charge in [0.05, 0.1) is 6.61 Å². The molecule has 0 heterocycles. The van der Waals surface area contributed by atoms with Crippen LogP contribution < -0.4 is 0 Å². The number of hydrogen-bond donors (Lipinski definition) is 1. The molecule has 0 aromatic rings. The van der Waals surface area contributed by atoms with Gasteiger partial charge in [0.2, 0.25) is 0 Å². The van der Waals surface area contributed by atoms with Crippen LogP contribution in [0, 0.1) is 6.42 Å². The van der Waals surface area contributed by atoms with E-state index in [1.807, 2.05) is 0 Å². The molecule has 1 rings (SSSR count). The van der Waals surface area contributed by atoms with E-state index in [1.54, 1.807) is 25.5 Å². The van der Waals surface area contributed by atoms with E-state index >= 15 is 0 Å². The lowest BCUT2D eigenvalue weighted by Gasteiger charge is -2.19. The van der Waals surface area contributed by atoms with Crippen molar-refractivity contribution in [1.29, 1.82) is 0 Å². The lowest BCUT2D eigenvalue weighted by Crippen LogP contribution is -2.36. The van der Waals surface area contributed by atoms with Crippen LogP contribution in [0.4, 0.5) is 0 Å². The summed E-state index contributed by atoms with van der Waals surface area (Å²) in [5.74, 6) is -0.634. The van der Waals surface area contributed by atoms with Gasteiger partial charge in [-0.2, -0.15) is 0 Å². The Bertz CT molecular complexity index is 216. The second-order valence-electron chi connectivity index (χ2n) is 2.46. The molecule has 1 radical (unpaired) electrons. The van der Waals surface area contributed by atoms with Crippen molar-refractivity contribution < 1.29 is 14.6 Å². The Labute approximate surface area is 71.3 Å². The first-order valence-corrected chi connectivity index (χ1v) is 3.79. The van der Waals surface area contributed by atoms with Gasteiger partial charge in [0.1, 0.15) is 0 Å². The second-order valence-corrected chi connectivity index (χ2v) is 2.46. The van der Waals surface area contributed by atoms with Gasteiger partial charge < -0.3 is 9.84 Å². The second kappa shape index (κ2) is 3.54. The zero-order valence-electron chi connectivity index (χ0n) is 6.86. The number of carbonyl (C=O) groups excluding carboxylic acids is 1. The van der Waals surface area contributed by atoms with E-state index in [9.17, 15) is 9.90 Å². The minimum atomic E-state index is -1.56. The summed E-state index contributed by atoms with van der Waals surface area (Å²) < 4.78 is 4.68. The highest BCUT2D eigenvalue weighted by Gasteiger charge is 2.32. The fourth-order valence-electron chi connectivity index (χ4n) is 0.907. The van der Waals surface area contributed by atoms with Gasteiger partial charge in [-0.1, -0.05) is 12.2 Å². The summed E-state index contributed by atoms with van der Waals surface area (Å²) in [6.45, 7) is 1.97. The quantitative estimate of drug-likeness (QED) is 0.613.